The first-order valence-electron chi connectivity index (χ1n) is 6.70. The second kappa shape index (κ2) is 7.28. The van der Waals surface area contributed by atoms with E-state index in [0.29, 0.717) is 50.0 Å². The van der Waals surface area contributed by atoms with E-state index >= 15 is 0 Å². The van der Waals surface area contributed by atoms with Crippen molar-refractivity contribution >= 4 is 29.2 Å². The van der Waals surface area contributed by atoms with Crippen molar-refractivity contribution in [3.63, 3.8) is 0 Å². The lowest BCUT2D eigenvalue weighted by Crippen LogP contribution is -2.41. The quantitative estimate of drug-likeness (QED) is 0.865. The molecular weight excluding hydrogens is 296 g/mol. The van der Waals surface area contributed by atoms with Gasteiger partial charge in [-0.25, -0.2) is 4.79 Å². The number of aromatic carboxylic acids is 1. The SMILES string of the molecule is O=C(O)c1cc(Cl)ccc1NCCC(=O)N1CCOCC1. The topological polar surface area (TPSA) is 78.9 Å². The summed E-state index contributed by atoms with van der Waals surface area (Å²) >= 11 is 5.78. The number of carboxylic acids is 1. The average Bonchev–Trinajstić information content (AvgIpc) is 2.49. The molecule has 6 nitrogen and oxygen atoms in total. The van der Waals surface area contributed by atoms with Crippen molar-refractivity contribution in [3.8, 4) is 0 Å². The fourth-order valence-electron chi connectivity index (χ4n) is 2.12. The summed E-state index contributed by atoms with van der Waals surface area (Å²) in [7, 11) is 0. The van der Waals surface area contributed by atoms with Crippen LogP contribution in [0.4, 0.5) is 5.69 Å². The van der Waals surface area contributed by atoms with Crippen LogP contribution >= 0.6 is 11.6 Å². The first kappa shape index (κ1) is 15.6. The predicted octanol–water partition coefficient (Wildman–Crippen LogP) is 1.70. The molecule has 1 heterocycles. The highest BCUT2D eigenvalue weighted by Gasteiger charge is 2.16. The van der Waals surface area contributed by atoms with E-state index in [2.05, 4.69) is 5.32 Å². The molecule has 21 heavy (non-hydrogen) atoms. The standard InChI is InChI=1S/C14H17ClN2O4/c15-10-1-2-12(11(9-10)14(19)20)16-4-3-13(18)17-5-7-21-8-6-17/h1-2,9,16H,3-8H2,(H,19,20). The highest BCUT2D eigenvalue weighted by molar-refractivity contribution is 6.31. The van der Waals surface area contributed by atoms with Gasteiger partial charge in [-0.05, 0) is 18.2 Å². The second-order valence-electron chi connectivity index (χ2n) is 4.66. The molecule has 1 aliphatic rings. The number of nitrogens with zero attached hydrogens (tertiary/aromatic N) is 1. The Morgan fingerprint density at radius 3 is 2.71 bits per heavy atom. The molecule has 0 saturated carbocycles. The van der Waals surface area contributed by atoms with Gasteiger partial charge < -0.3 is 20.1 Å². The van der Waals surface area contributed by atoms with Gasteiger partial charge in [0.05, 0.1) is 18.8 Å². The molecule has 0 unspecified atom stereocenters. The van der Waals surface area contributed by atoms with E-state index in [1.165, 1.54) is 6.07 Å². The molecule has 0 aliphatic carbocycles. The monoisotopic (exact) mass is 312 g/mol. The normalized spacial score (nSPS) is 14.8. The number of benzene rings is 1. The highest BCUT2D eigenvalue weighted by atomic mass is 35.5. The van der Waals surface area contributed by atoms with Gasteiger partial charge in [0.15, 0.2) is 0 Å². The zero-order chi connectivity index (χ0) is 15.2. The van der Waals surface area contributed by atoms with Crippen LogP contribution in [0.15, 0.2) is 18.2 Å². The minimum atomic E-state index is -1.06. The maximum absolute atomic E-state index is 12.0. The summed E-state index contributed by atoms with van der Waals surface area (Å²) < 4.78 is 5.19. The fraction of sp³-hybridized carbons (Fsp3) is 0.429. The van der Waals surface area contributed by atoms with E-state index in [0.717, 1.165) is 0 Å². The molecule has 1 amide bonds. The van der Waals surface area contributed by atoms with Crippen LogP contribution in [0.3, 0.4) is 0 Å². The number of halogens is 1. The summed E-state index contributed by atoms with van der Waals surface area (Å²) in [5.41, 5.74) is 0.558. The number of carbonyl (C=O) groups is 2. The number of morpholine rings is 1. The zero-order valence-electron chi connectivity index (χ0n) is 11.5. The molecule has 0 atom stereocenters. The largest absolute Gasteiger partial charge is 0.478 e. The van der Waals surface area contributed by atoms with E-state index in [1.807, 2.05) is 0 Å². The molecular formula is C14H17ClN2O4. The van der Waals surface area contributed by atoms with Crippen molar-refractivity contribution in [1.29, 1.82) is 0 Å². The lowest BCUT2D eigenvalue weighted by atomic mass is 10.1. The first-order valence-corrected chi connectivity index (χ1v) is 7.08. The van der Waals surface area contributed by atoms with Crippen LogP contribution < -0.4 is 5.32 Å². The van der Waals surface area contributed by atoms with Crippen LogP contribution in [0, 0.1) is 0 Å². The van der Waals surface area contributed by atoms with Gasteiger partial charge in [-0.3, -0.25) is 4.79 Å². The molecule has 0 radical (unpaired) electrons. The number of hydrogen-bond acceptors (Lipinski definition) is 4. The summed E-state index contributed by atoms with van der Waals surface area (Å²) in [6.45, 7) is 2.73. The summed E-state index contributed by atoms with van der Waals surface area (Å²) in [5, 5.41) is 12.5. The summed E-state index contributed by atoms with van der Waals surface area (Å²) in [5.74, 6) is -1.02. The lowest BCUT2D eigenvalue weighted by molar-refractivity contribution is -0.134. The summed E-state index contributed by atoms with van der Waals surface area (Å²) in [6.07, 6.45) is 0.307. The fourth-order valence-corrected chi connectivity index (χ4v) is 2.29. The van der Waals surface area contributed by atoms with E-state index < -0.39 is 5.97 Å². The van der Waals surface area contributed by atoms with Gasteiger partial charge >= 0.3 is 5.97 Å². The maximum Gasteiger partial charge on any atom is 0.337 e. The zero-order valence-corrected chi connectivity index (χ0v) is 12.2. The van der Waals surface area contributed by atoms with Crippen LogP contribution in [-0.2, 0) is 9.53 Å². The van der Waals surface area contributed by atoms with Gasteiger partial charge in [0.1, 0.15) is 0 Å². The number of anilines is 1. The van der Waals surface area contributed by atoms with Crippen molar-refractivity contribution in [2.75, 3.05) is 38.2 Å². The third-order valence-electron chi connectivity index (χ3n) is 3.23. The van der Waals surface area contributed by atoms with Gasteiger partial charge in [0.2, 0.25) is 5.91 Å². The molecule has 0 bridgehead atoms. The van der Waals surface area contributed by atoms with Crippen molar-refractivity contribution in [3.05, 3.63) is 28.8 Å². The van der Waals surface area contributed by atoms with Crippen molar-refractivity contribution in [2.45, 2.75) is 6.42 Å². The third-order valence-corrected chi connectivity index (χ3v) is 3.47. The Hall–Kier alpha value is -1.79. The Morgan fingerprint density at radius 2 is 2.05 bits per heavy atom. The highest BCUT2D eigenvalue weighted by Crippen LogP contribution is 2.20. The van der Waals surface area contributed by atoms with Crippen LogP contribution in [0.2, 0.25) is 5.02 Å². The Labute approximate surface area is 127 Å². The molecule has 1 aromatic rings. The third kappa shape index (κ3) is 4.34. The average molecular weight is 313 g/mol. The predicted molar refractivity (Wildman–Crippen MR) is 78.9 cm³/mol. The molecule has 0 spiro atoms. The van der Waals surface area contributed by atoms with E-state index in [-0.39, 0.29) is 11.5 Å². The lowest BCUT2D eigenvalue weighted by Gasteiger charge is -2.27. The minimum absolute atomic E-state index is 0.0386. The van der Waals surface area contributed by atoms with Gasteiger partial charge in [0.25, 0.3) is 0 Å². The minimum Gasteiger partial charge on any atom is -0.478 e. The van der Waals surface area contributed by atoms with Crippen LogP contribution in [-0.4, -0.2) is 54.7 Å². The Morgan fingerprint density at radius 1 is 1.33 bits per heavy atom. The molecule has 1 aromatic carbocycles. The van der Waals surface area contributed by atoms with Crippen molar-refractivity contribution in [2.24, 2.45) is 0 Å². The number of carboxylic acid groups (broad SMARTS) is 1. The second-order valence-corrected chi connectivity index (χ2v) is 5.10. The van der Waals surface area contributed by atoms with Gasteiger partial charge in [-0.1, -0.05) is 11.6 Å². The van der Waals surface area contributed by atoms with E-state index in [4.69, 9.17) is 21.4 Å². The van der Waals surface area contributed by atoms with Crippen molar-refractivity contribution < 1.29 is 19.4 Å². The molecule has 1 fully saturated rings. The number of nitrogens with one attached hydrogen (secondary N) is 1. The van der Waals surface area contributed by atoms with Gasteiger partial charge in [-0.15, -0.1) is 0 Å². The van der Waals surface area contributed by atoms with Crippen molar-refractivity contribution in [1.82, 2.24) is 4.90 Å². The van der Waals surface area contributed by atoms with Gasteiger partial charge in [-0.2, -0.15) is 0 Å². The van der Waals surface area contributed by atoms with Gasteiger partial charge in [0, 0.05) is 36.8 Å². The Balaban J connectivity index is 1.88. The van der Waals surface area contributed by atoms with E-state index in [1.54, 1.807) is 17.0 Å². The van der Waals surface area contributed by atoms with E-state index in [9.17, 15) is 9.59 Å². The number of ether oxygens (including phenoxy) is 1. The molecule has 0 aromatic heterocycles. The smallest absolute Gasteiger partial charge is 0.337 e. The van der Waals surface area contributed by atoms with Crippen LogP contribution in [0.5, 0.6) is 0 Å². The molecule has 2 rings (SSSR count). The maximum atomic E-state index is 12.0. The molecule has 114 valence electrons. The first-order chi connectivity index (χ1) is 10.1. The molecule has 2 N–H and O–H groups in total. The Bertz CT molecular complexity index is 530. The molecule has 1 aliphatic heterocycles. The summed E-state index contributed by atoms with van der Waals surface area (Å²) in [4.78, 5) is 24.8. The number of rotatable bonds is 5. The Kier molecular flexibility index (Phi) is 5.41. The van der Waals surface area contributed by atoms with Crippen LogP contribution in [0.25, 0.3) is 0 Å². The summed E-state index contributed by atoms with van der Waals surface area (Å²) in [6, 6.07) is 4.60. The molecule has 7 heteroatoms. The number of carbonyl (C=O) groups excluding carboxylic acids is 1. The molecule has 1 saturated heterocycles. The van der Waals surface area contributed by atoms with Crippen LogP contribution in [0.1, 0.15) is 16.8 Å². The number of hydrogen-bond donors (Lipinski definition) is 2. The number of amides is 1.